The number of anilines is 3. The second-order valence-corrected chi connectivity index (χ2v) is 13.5. The molecule has 0 bridgehead atoms. The molecule has 40 heavy (non-hydrogen) atoms. The molecule has 0 unspecified atom stereocenters. The Morgan fingerprint density at radius 2 is 0.900 bits per heavy atom. The minimum atomic E-state index is -0.123. The molecule has 1 nitrogen and oxygen atoms in total. The largest absolute Gasteiger partial charge is 0.309 e. The lowest BCUT2D eigenvalue weighted by atomic mass is 9.66. The molecule has 0 aromatic heterocycles. The van der Waals surface area contributed by atoms with E-state index in [9.17, 15) is 0 Å². The smallest absolute Gasteiger partial charge is 0.0543 e. The number of hydrogen-bond acceptors (Lipinski definition) is 1. The Labute approximate surface area is 238 Å². The highest BCUT2D eigenvalue weighted by molar-refractivity contribution is 5.93. The lowest BCUT2D eigenvalue weighted by molar-refractivity contribution is 0.597. The van der Waals surface area contributed by atoms with Crippen molar-refractivity contribution < 1.29 is 0 Å². The molecule has 196 valence electrons. The van der Waals surface area contributed by atoms with E-state index in [1.54, 1.807) is 0 Å². The quantitative estimate of drug-likeness (QED) is 0.214. The summed E-state index contributed by atoms with van der Waals surface area (Å²) in [6, 6.07) is 39.1. The standard InChI is InChI=1S/C39H35N/c1-37(2)28-13-8-7-12-26(28)27-20-18-24(22-32(27)37)25-19-21-35-33(23-25)39(5,6)31-16-11-15-30-36(31)40(35)34-17-10-9-14-29(34)38(30,3)4/h7-23H,1-6H3. The Morgan fingerprint density at radius 1 is 0.400 bits per heavy atom. The predicted molar refractivity (Wildman–Crippen MR) is 168 cm³/mol. The van der Waals surface area contributed by atoms with E-state index in [4.69, 9.17) is 0 Å². The van der Waals surface area contributed by atoms with Crippen molar-refractivity contribution in [3.05, 3.63) is 137 Å². The maximum Gasteiger partial charge on any atom is 0.0543 e. The molecule has 0 saturated heterocycles. The Morgan fingerprint density at radius 3 is 1.65 bits per heavy atom. The van der Waals surface area contributed by atoms with Crippen LogP contribution in [0.1, 0.15) is 74.9 Å². The maximum absolute atomic E-state index is 2.54. The third-order valence-corrected chi connectivity index (χ3v) is 10.3. The number of nitrogens with zero attached hydrogens (tertiary/aromatic N) is 1. The molecular formula is C39H35N. The van der Waals surface area contributed by atoms with Crippen molar-refractivity contribution in [3.8, 4) is 22.3 Å². The van der Waals surface area contributed by atoms with E-state index in [1.807, 2.05) is 0 Å². The fourth-order valence-corrected chi connectivity index (χ4v) is 7.95. The summed E-state index contributed by atoms with van der Waals surface area (Å²) in [6.07, 6.45) is 0. The summed E-state index contributed by atoms with van der Waals surface area (Å²) in [5.74, 6) is 0. The molecule has 5 aromatic carbocycles. The lowest BCUT2D eigenvalue weighted by Crippen LogP contribution is -2.38. The summed E-state index contributed by atoms with van der Waals surface area (Å²) >= 11 is 0. The molecule has 0 N–H and O–H groups in total. The summed E-state index contributed by atoms with van der Waals surface area (Å²) in [5.41, 5.74) is 17.5. The number of benzene rings is 5. The number of hydrogen-bond donors (Lipinski definition) is 0. The van der Waals surface area contributed by atoms with Gasteiger partial charge >= 0.3 is 0 Å². The van der Waals surface area contributed by atoms with Crippen LogP contribution >= 0.6 is 0 Å². The van der Waals surface area contributed by atoms with Crippen LogP contribution in [-0.4, -0.2) is 0 Å². The Balaban J connectivity index is 1.33. The van der Waals surface area contributed by atoms with Crippen LogP contribution in [0.25, 0.3) is 22.3 Å². The van der Waals surface area contributed by atoms with Crippen LogP contribution in [0, 0.1) is 0 Å². The third kappa shape index (κ3) is 2.83. The van der Waals surface area contributed by atoms with E-state index in [-0.39, 0.29) is 16.2 Å². The molecule has 2 aliphatic heterocycles. The first-order chi connectivity index (χ1) is 19.1. The Bertz CT molecular complexity index is 1880. The minimum absolute atomic E-state index is 0.00489. The van der Waals surface area contributed by atoms with E-state index in [2.05, 4.69) is 150 Å². The van der Waals surface area contributed by atoms with Crippen LogP contribution in [-0.2, 0) is 16.2 Å². The summed E-state index contributed by atoms with van der Waals surface area (Å²) in [7, 11) is 0. The van der Waals surface area contributed by atoms with Gasteiger partial charge in [-0.05, 0) is 79.9 Å². The normalized spacial score (nSPS) is 17.8. The van der Waals surface area contributed by atoms with E-state index < -0.39 is 0 Å². The summed E-state index contributed by atoms with van der Waals surface area (Å²) in [6.45, 7) is 14.3. The van der Waals surface area contributed by atoms with Crippen LogP contribution < -0.4 is 4.90 Å². The topological polar surface area (TPSA) is 3.24 Å². The van der Waals surface area contributed by atoms with Crippen molar-refractivity contribution in [2.45, 2.75) is 57.8 Å². The first-order valence-corrected chi connectivity index (χ1v) is 14.5. The number of para-hydroxylation sites is 2. The molecule has 0 atom stereocenters. The van der Waals surface area contributed by atoms with Gasteiger partial charge in [-0.1, -0.05) is 120 Å². The molecule has 0 spiro atoms. The molecule has 0 saturated carbocycles. The molecule has 5 aromatic rings. The zero-order valence-electron chi connectivity index (χ0n) is 24.3. The second-order valence-electron chi connectivity index (χ2n) is 13.5. The van der Waals surface area contributed by atoms with Gasteiger partial charge in [0, 0.05) is 16.2 Å². The van der Waals surface area contributed by atoms with Crippen molar-refractivity contribution >= 4 is 17.1 Å². The summed E-state index contributed by atoms with van der Waals surface area (Å²) < 4.78 is 0. The van der Waals surface area contributed by atoms with Gasteiger partial charge in [0.2, 0.25) is 0 Å². The highest BCUT2D eigenvalue weighted by atomic mass is 15.2. The zero-order chi connectivity index (χ0) is 27.6. The van der Waals surface area contributed by atoms with E-state index >= 15 is 0 Å². The number of fused-ring (bicyclic) bond motifs is 7. The van der Waals surface area contributed by atoms with Crippen LogP contribution in [0.2, 0.25) is 0 Å². The van der Waals surface area contributed by atoms with Crippen molar-refractivity contribution in [1.29, 1.82) is 0 Å². The summed E-state index contributed by atoms with van der Waals surface area (Å²) in [4.78, 5) is 2.54. The van der Waals surface area contributed by atoms with Gasteiger partial charge in [0.25, 0.3) is 0 Å². The van der Waals surface area contributed by atoms with Crippen molar-refractivity contribution in [1.82, 2.24) is 0 Å². The average molecular weight is 518 g/mol. The first kappa shape index (κ1) is 23.8. The Kier molecular flexibility index (Phi) is 4.48. The molecule has 0 radical (unpaired) electrons. The lowest BCUT2D eigenvalue weighted by Gasteiger charge is -2.49. The van der Waals surface area contributed by atoms with Gasteiger partial charge in [-0.3, -0.25) is 0 Å². The maximum atomic E-state index is 2.54. The number of rotatable bonds is 1. The molecule has 1 aliphatic carbocycles. The van der Waals surface area contributed by atoms with Gasteiger partial charge in [-0.2, -0.15) is 0 Å². The van der Waals surface area contributed by atoms with E-state index in [0.29, 0.717) is 0 Å². The molecule has 0 amide bonds. The van der Waals surface area contributed by atoms with Crippen molar-refractivity contribution in [2.75, 3.05) is 4.90 Å². The average Bonchev–Trinajstić information content (AvgIpc) is 3.19. The van der Waals surface area contributed by atoms with Crippen molar-refractivity contribution in [2.24, 2.45) is 0 Å². The van der Waals surface area contributed by atoms with Gasteiger partial charge in [0.15, 0.2) is 0 Å². The monoisotopic (exact) mass is 517 g/mol. The van der Waals surface area contributed by atoms with Gasteiger partial charge in [0.05, 0.1) is 17.1 Å². The fraction of sp³-hybridized carbons (Fsp3) is 0.231. The van der Waals surface area contributed by atoms with Crippen molar-refractivity contribution in [3.63, 3.8) is 0 Å². The first-order valence-electron chi connectivity index (χ1n) is 14.5. The minimum Gasteiger partial charge on any atom is -0.309 e. The molecule has 3 aliphatic rings. The molecule has 0 fully saturated rings. The van der Waals surface area contributed by atoms with Crippen LogP contribution in [0.4, 0.5) is 17.1 Å². The van der Waals surface area contributed by atoms with E-state index in [0.717, 1.165) is 0 Å². The highest BCUT2D eigenvalue weighted by Crippen LogP contribution is 2.60. The Hall–Kier alpha value is -4.10. The highest BCUT2D eigenvalue weighted by Gasteiger charge is 2.45. The predicted octanol–water partition coefficient (Wildman–Crippen LogP) is 10.4. The van der Waals surface area contributed by atoms with Gasteiger partial charge in [-0.25, -0.2) is 0 Å². The summed E-state index contributed by atoms with van der Waals surface area (Å²) in [5, 5.41) is 0. The third-order valence-electron chi connectivity index (χ3n) is 10.3. The van der Waals surface area contributed by atoms with E-state index in [1.165, 1.54) is 72.7 Å². The van der Waals surface area contributed by atoms with Crippen LogP contribution in [0.5, 0.6) is 0 Å². The molecule has 1 heteroatoms. The second kappa shape index (κ2) is 7.55. The zero-order valence-corrected chi connectivity index (χ0v) is 24.3. The molecular weight excluding hydrogens is 482 g/mol. The van der Waals surface area contributed by atoms with Crippen LogP contribution in [0.3, 0.4) is 0 Å². The fourth-order valence-electron chi connectivity index (χ4n) is 7.95. The molecule has 2 heterocycles. The SMILES string of the molecule is CC1(C)c2ccccc2-c2ccc(-c3ccc4c(c3)C(C)(C)c3cccc5c3N4c3ccccc3C5(C)C)cc21. The van der Waals surface area contributed by atoms with Gasteiger partial charge < -0.3 is 4.90 Å². The van der Waals surface area contributed by atoms with Crippen LogP contribution in [0.15, 0.2) is 103 Å². The van der Waals surface area contributed by atoms with Gasteiger partial charge in [0.1, 0.15) is 0 Å². The van der Waals surface area contributed by atoms with Gasteiger partial charge in [-0.15, -0.1) is 0 Å². The molecule has 8 rings (SSSR count).